The Labute approximate surface area is 207 Å². The standard InChI is InChI=1S/C28H39N3O4/c1-27(15-30-26(33)19-4-3-10-29-19)13-18-20-12-17-7-8-21(32)23-22(17)28(18,25(35-23)24(27)34-2)9-11-31(20)14-16-5-6-16/h7-8,16,18-20,24-25,29,32H,3-6,9-15H2,1-2H3,(H,30,33). The Balaban J connectivity index is 1.26. The summed E-state index contributed by atoms with van der Waals surface area (Å²) in [4.78, 5) is 15.7. The molecule has 4 fully saturated rings. The molecule has 3 aliphatic heterocycles. The molecule has 2 saturated carbocycles. The SMILES string of the molecule is COC1C2Oc3c(O)ccc4c3C23CCN(CC2CC2)C(C4)C3CC1(C)CNC(=O)C1CCCN1. The Morgan fingerprint density at radius 2 is 2.20 bits per heavy atom. The van der Waals surface area contributed by atoms with E-state index in [9.17, 15) is 9.90 Å². The maximum atomic E-state index is 12.9. The van der Waals surface area contributed by atoms with Crippen LogP contribution in [0.5, 0.6) is 11.5 Å². The quantitative estimate of drug-likeness (QED) is 0.579. The molecule has 2 saturated heterocycles. The Morgan fingerprint density at radius 3 is 2.94 bits per heavy atom. The number of benzene rings is 1. The predicted octanol–water partition coefficient (Wildman–Crippen LogP) is 2.34. The van der Waals surface area contributed by atoms with Crippen LogP contribution in [0.3, 0.4) is 0 Å². The van der Waals surface area contributed by atoms with Crippen LogP contribution in [0, 0.1) is 17.3 Å². The van der Waals surface area contributed by atoms with E-state index in [1.54, 1.807) is 7.11 Å². The zero-order valence-electron chi connectivity index (χ0n) is 21.0. The summed E-state index contributed by atoms with van der Waals surface area (Å²) in [5, 5.41) is 17.4. The van der Waals surface area contributed by atoms with Crippen LogP contribution in [0.15, 0.2) is 12.1 Å². The van der Waals surface area contributed by atoms with Gasteiger partial charge in [-0.05, 0) is 81.5 Å². The molecule has 3 aliphatic carbocycles. The second-order valence-corrected chi connectivity index (χ2v) is 12.5. The second kappa shape index (κ2) is 7.83. The largest absolute Gasteiger partial charge is 0.504 e. The van der Waals surface area contributed by atoms with Gasteiger partial charge in [0.2, 0.25) is 5.91 Å². The van der Waals surface area contributed by atoms with Gasteiger partial charge < -0.3 is 25.2 Å². The number of likely N-dealkylation sites (tertiary alicyclic amines) is 1. The predicted molar refractivity (Wildman–Crippen MR) is 132 cm³/mol. The number of amides is 1. The summed E-state index contributed by atoms with van der Waals surface area (Å²) in [6.45, 7) is 6.07. The lowest BCUT2D eigenvalue weighted by Crippen LogP contribution is -2.71. The van der Waals surface area contributed by atoms with E-state index < -0.39 is 0 Å². The van der Waals surface area contributed by atoms with E-state index >= 15 is 0 Å². The summed E-state index contributed by atoms with van der Waals surface area (Å²) in [6.07, 6.45) is 7.43. The van der Waals surface area contributed by atoms with E-state index in [0.717, 1.165) is 51.1 Å². The molecule has 7 atom stereocenters. The smallest absolute Gasteiger partial charge is 0.237 e. The van der Waals surface area contributed by atoms with Gasteiger partial charge in [-0.2, -0.15) is 0 Å². The fourth-order valence-electron chi connectivity index (χ4n) is 8.62. The molecule has 1 amide bonds. The van der Waals surface area contributed by atoms with E-state index in [-0.39, 0.29) is 40.7 Å². The van der Waals surface area contributed by atoms with Crippen molar-refractivity contribution in [3.05, 3.63) is 23.3 Å². The first-order valence-electron chi connectivity index (χ1n) is 13.7. The number of carbonyl (C=O) groups excluding carboxylic acids is 1. The highest BCUT2D eigenvalue weighted by Gasteiger charge is 2.70. The van der Waals surface area contributed by atoms with Crippen molar-refractivity contribution in [1.29, 1.82) is 0 Å². The molecule has 1 aromatic rings. The third-order valence-electron chi connectivity index (χ3n) is 10.4. The van der Waals surface area contributed by atoms with Crippen LogP contribution in [0.25, 0.3) is 0 Å². The molecule has 35 heavy (non-hydrogen) atoms. The second-order valence-electron chi connectivity index (χ2n) is 12.5. The Hall–Kier alpha value is -1.83. The average molecular weight is 482 g/mol. The normalized spacial score (nSPS) is 41.4. The molecule has 7 unspecified atom stereocenters. The Morgan fingerprint density at radius 1 is 1.34 bits per heavy atom. The highest BCUT2D eigenvalue weighted by atomic mass is 16.5. The Bertz CT molecular complexity index is 1040. The van der Waals surface area contributed by atoms with Crippen LogP contribution in [-0.2, 0) is 21.4 Å². The van der Waals surface area contributed by atoms with Gasteiger partial charge in [0, 0.05) is 42.6 Å². The summed E-state index contributed by atoms with van der Waals surface area (Å²) in [5.41, 5.74) is 2.24. The van der Waals surface area contributed by atoms with Crippen molar-refractivity contribution in [3.8, 4) is 11.5 Å². The molecule has 190 valence electrons. The summed E-state index contributed by atoms with van der Waals surface area (Å²) in [7, 11) is 1.79. The van der Waals surface area contributed by atoms with Crippen LogP contribution in [0.1, 0.15) is 56.6 Å². The minimum Gasteiger partial charge on any atom is -0.504 e. The van der Waals surface area contributed by atoms with Gasteiger partial charge in [0.25, 0.3) is 0 Å². The number of hydrogen-bond acceptors (Lipinski definition) is 6. The highest BCUT2D eigenvalue weighted by molar-refractivity contribution is 5.82. The Kier molecular flexibility index (Phi) is 5.01. The fourth-order valence-corrected chi connectivity index (χ4v) is 8.62. The minimum atomic E-state index is -0.252. The van der Waals surface area contributed by atoms with Crippen molar-refractivity contribution < 1.29 is 19.4 Å². The first kappa shape index (κ1) is 22.4. The van der Waals surface area contributed by atoms with E-state index in [1.807, 2.05) is 6.07 Å². The van der Waals surface area contributed by atoms with Gasteiger partial charge in [-0.15, -0.1) is 0 Å². The van der Waals surface area contributed by atoms with E-state index in [2.05, 4.69) is 28.5 Å². The summed E-state index contributed by atoms with van der Waals surface area (Å²) < 4.78 is 13.0. The lowest BCUT2D eigenvalue weighted by molar-refractivity contribution is -0.172. The molecule has 2 bridgehead atoms. The number of ether oxygens (including phenoxy) is 2. The number of methoxy groups -OCH3 is 1. The first-order valence-corrected chi connectivity index (χ1v) is 13.7. The molecule has 3 heterocycles. The number of aromatic hydroxyl groups is 1. The molecule has 7 nitrogen and oxygen atoms in total. The maximum absolute atomic E-state index is 12.9. The molecule has 7 heteroatoms. The van der Waals surface area contributed by atoms with Crippen molar-refractivity contribution in [1.82, 2.24) is 15.5 Å². The van der Waals surface area contributed by atoms with Gasteiger partial charge in [-0.25, -0.2) is 0 Å². The lowest BCUT2D eigenvalue weighted by atomic mass is 9.47. The first-order chi connectivity index (χ1) is 16.9. The number of phenolic OH excluding ortho intramolecular Hbond substituents is 1. The van der Waals surface area contributed by atoms with Gasteiger partial charge >= 0.3 is 0 Å². The molecule has 1 aromatic carbocycles. The number of hydrogen-bond donors (Lipinski definition) is 3. The summed E-state index contributed by atoms with van der Waals surface area (Å²) in [6, 6.07) is 4.35. The minimum absolute atomic E-state index is 0.0795. The van der Waals surface area contributed by atoms with Gasteiger partial charge in [-0.1, -0.05) is 13.0 Å². The zero-order valence-corrected chi connectivity index (χ0v) is 21.0. The number of nitrogens with zero attached hydrogens (tertiary/aromatic N) is 1. The van der Waals surface area contributed by atoms with Crippen molar-refractivity contribution in [3.63, 3.8) is 0 Å². The summed E-state index contributed by atoms with van der Waals surface area (Å²) in [5.74, 6) is 2.33. The molecule has 3 N–H and O–H groups in total. The monoisotopic (exact) mass is 481 g/mol. The maximum Gasteiger partial charge on any atom is 0.237 e. The van der Waals surface area contributed by atoms with Gasteiger partial charge in [0.1, 0.15) is 12.2 Å². The fraction of sp³-hybridized carbons (Fsp3) is 0.750. The van der Waals surface area contributed by atoms with Crippen LogP contribution in [0.2, 0.25) is 0 Å². The molecule has 7 rings (SSSR count). The van der Waals surface area contributed by atoms with Gasteiger partial charge in [-0.3, -0.25) is 9.69 Å². The van der Waals surface area contributed by atoms with Crippen molar-refractivity contribution >= 4 is 5.91 Å². The molecular weight excluding hydrogens is 442 g/mol. The van der Waals surface area contributed by atoms with Crippen molar-refractivity contribution in [2.24, 2.45) is 17.3 Å². The highest BCUT2D eigenvalue weighted by Crippen LogP contribution is 2.66. The van der Waals surface area contributed by atoms with Gasteiger partial charge in [0.05, 0.1) is 6.04 Å². The van der Waals surface area contributed by atoms with Crippen LogP contribution in [-0.4, -0.2) is 73.5 Å². The number of nitrogens with one attached hydrogen (secondary N) is 2. The van der Waals surface area contributed by atoms with Gasteiger partial charge in [0.15, 0.2) is 11.5 Å². The van der Waals surface area contributed by atoms with Crippen LogP contribution >= 0.6 is 0 Å². The lowest BCUT2D eigenvalue weighted by Gasteiger charge is -2.63. The van der Waals surface area contributed by atoms with E-state index in [4.69, 9.17) is 9.47 Å². The van der Waals surface area contributed by atoms with Crippen molar-refractivity contribution in [2.75, 3.05) is 33.3 Å². The zero-order chi connectivity index (χ0) is 23.9. The molecule has 6 aliphatic rings. The number of carbonyl (C=O) groups is 1. The molecule has 0 radical (unpaired) electrons. The third kappa shape index (κ3) is 3.17. The van der Waals surface area contributed by atoms with Crippen molar-refractivity contribution in [2.45, 2.75) is 81.6 Å². The van der Waals surface area contributed by atoms with E-state index in [1.165, 1.54) is 30.5 Å². The summed E-state index contributed by atoms with van der Waals surface area (Å²) >= 11 is 0. The number of rotatable bonds is 6. The molecule has 1 spiro atoms. The van der Waals surface area contributed by atoms with Crippen LogP contribution < -0.4 is 15.4 Å². The molecule has 0 aromatic heterocycles. The molecular formula is C28H39N3O4. The topological polar surface area (TPSA) is 83.1 Å². The van der Waals surface area contributed by atoms with E-state index in [0.29, 0.717) is 24.3 Å². The number of phenols is 1. The average Bonchev–Trinajstić information content (AvgIpc) is 3.35. The third-order valence-corrected chi connectivity index (χ3v) is 10.4. The number of piperidine rings is 1. The van der Waals surface area contributed by atoms with Crippen LogP contribution in [0.4, 0.5) is 0 Å².